The van der Waals surface area contributed by atoms with Gasteiger partial charge >= 0.3 is 0 Å². The first-order valence-electron chi connectivity index (χ1n) is 7.72. The number of furan rings is 1. The predicted molar refractivity (Wildman–Crippen MR) is 88.5 cm³/mol. The van der Waals surface area contributed by atoms with E-state index in [0.717, 1.165) is 5.69 Å². The van der Waals surface area contributed by atoms with Crippen molar-refractivity contribution in [2.24, 2.45) is 5.92 Å². The molecule has 0 N–H and O–H groups in total. The number of sulfone groups is 1. The lowest BCUT2D eigenvalue weighted by atomic mass is 10.1. The van der Waals surface area contributed by atoms with E-state index in [9.17, 15) is 8.42 Å². The number of hydrogen-bond donors (Lipinski definition) is 0. The lowest BCUT2D eigenvalue weighted by Gasteiger charge is -2.01. The molecule has 0 aromatic carbocycles. The second-order valence-electron chi connectivity index (χ2n) is 5.88. The van der Waals surface area contributed by atoms with Gasteiger partial charge in [0.05, 0.1) is 23.5 Å². The molecule has 3 aromatic heterocycles. The standard InChI is InChI=1S/C15H15N3O5S2/c19-25(20)5-3-10(9-25)6-14-16-17-15(22-14)24-8-11-7-13(23-18-11)12-2-1-4-21-12/h1-2,4,7,10H,3,5-6,8-9H2. The molecule has 3 aromatic rings. The van der Waals surface area contributed by atoms with Gasteiger partial charge in [0.2, 0.25) is 11.7 Å². The Hall–Kier alpha value is -2.07. The van der Waals surface area contributed by atoms with Gasteiger partial charge in [-0.15, -0.1) is 10.2 Å². The molecule has 0 saturated carbocycles. The van der Waals surface area contributed by atoms with Gasteiger partial charge in [0.25, 0.3) is 5.22 Å². The van der Waals surface area contributed by atoms with Crippen LogP contribution in [0.4, 0.5) is 0 Å². The summed E-state index contributed by atoms with van der Waals surface area (Å²) in [4.78, 5) is 0. The summed E-state index contributed by atoms with van der Waals surface area (Å²) in [6.07, 6.45) is 2.73. The number of nitrogens with zero attached hydrogens (tertiary/aromatic N) is 3. The van der Waals surface area contributed by atoms with Crippen LogP contribution in [0.5, 0.6) is 0 Å². The Morgan fingerprint density at radius 1 is 1.28 bits per heavy atom. The first kappa shape index (κ1) is 16.4. The molecule has 8 nitrogen and oxygen atoms in total. The van der Waals surface area contributed by atoms with E-state index in [4.69, 9.17) is 13.4 Å². The molecule has 1 atom stereocenters. The fraction of sp³-hybridized carbons (Fsp3) is 0.400. The Labute approximate surface area is 147 Å². The molecule has 0 bridgehead atoms. The predicted octanol–water partition coefficient (Wildman–Crippen LogP) is 2.59. The average molecular weight is 381 g/mol. The lowest BCUT2D eigenvalue weighted by molar-refractivity contribution is 0.389. The summed E-state index contributed by atoms with van der Waals surface area (Å²) in [5, 5.41) is 12.4. The first-order valence-corrected chi connectivity index (χ1v) is 10.5. The first-order chi connectivity index (χ1) is 12.1. The molecule has 1 fully saturated rings. The molecule has 1 saturated heterocycles. The van der Waals surface area contributed by atoms with Crippen molar-refractivity contribution in [1.29, 1.82) is 0 Å². The molecular formula is C15H15N3O5S2. The topological polar surface area (TPSA) is 112 Å². The van der Waals surface area contributed by atoms with Gasteiger partial charge in [-0.2, -0.15) is 0 Å². The van der Waals surface area contributed by atoms with Crippen molar-refractivity contribution in [3.8, 4) is 11.5 Å². The zero-order chi connectivity index (χ0) is 17.3. The maximum absolute atomic E-state index is 11.5. The molecule has 0 spiro atoms. The van der Waals surface area contributed by atoms with Gasteiger partial charge in [-0.25, -0.2) is 8.42 Å². The van der Waals surface area contributed by atoms with Crippen molar-refractivity contribution in [3.63, 3.8) is 0 Å². The van der Waals surface area contributed by atoms with E-state index in [1.807, 2.05) is 0 Å². The van der Waals surface area contributed by atoms with Crippen molar-refractivity contribution in [2.75, 3.05) is 11.5 Å². The molecule has 10 heteroatoms. The summed E-state index contributed by atoms with van der Waals surface area (Å²) < 4.78 is 39.0. The molecule has 4 rings (SSSR count). The lowest BCUT2D eigenvalue weighted by Crippen LogP contribution is -2.07. The minimum Gasteiger partial charge on any atom is -0.461 e. The molecule has 1 aliphatic heterocycles. The maximum atomic E-state index is 11.5. The van der Waals surface area contributed by atoms with Crippen molar-refractivity contribution in [2.45, 2.75) is 23.8 Å². The second-order valence-corrected chi connectivity index (χ2v) is 9.04. The molecular weight excluding hydrogens is 366 g/mol. The summed E-state index contributed by atoms with van der Waals surface area (Å²) in [7, 11) is -2.89. The van der Waals surface area contributed by atoms with Gasteiger partial charge in [-0.1, -0.05) is 16.9 Å². The van der Waals surface area contributed by atoms with Crippen LogP contribution in [0.3, 0.4) is 0 Å². The molecule has 1 aliphatic rings. The molecule has 25 heavy (non-hydrogen) atoms. The number of thioether (sulfide) groups is 1. The van der Waals surface area contributed by atoms with E-state index in [-0.39, 0.29) is 17.4 Å². The van der Waals surface area contributed by atoms with Crippen LogP contribution in [0.2, 0.25) is 0 Å². The fourth-order valence-electron chi connectivity index (χ4n) is 2.71. The number of aromatic nitrogens is 3. The zero-order valence-corrected chi connectivity index (χ0v) is 14.8. The van der Waals surface area contributed by atoms with Crippen LogP contribution in [0, 0.1) is 5.92 Å². The molecule has 4 heterocycles. The van der Waals surface area contributed by atoms with E-state index in [0.29, 0.717) is 41.2 Å². The molecule has 0 amide bonds. The summed E-state index contributed by atoms with van der Waals surface area (Å²) >= 11 is 1.35. The minimum atomic E-state index is -2.89. The van der Waals surface area contributed by atoms with E-state index in [1.165, 1.54) is 11.8 Å². The third-order valence-corrected chi connectivity index (χ3v) is 6.59. The van der Waals surface area contributed by atoms with Crippen molar-refractivity contribution >= 4 is 21.6 Å². The van der Waals surface area contributed by atoms with Crippen LogP contribution >= 0.6 is 11.8 Å². The summed E-state index contributed by atoms with van der Waals surface area (Å²) in [5.74, 6) is 2.69. The zero-order valence-electron chi connectivity index (χ0n) is 13.1. The van der Waals surface area contributed by atoms with Gasteiger partial charge in [-0.3, -0.25) is 0 Å². The van der Waals surface area contributed by atoms with Crippen LogP contribution in [0.15, 0.2) is 43.0 Å². The van der Waals surface area contributed by atoms with Crippen molar-refractivity contribution < 1.29 is 21.8 Å². The van der Waals surface area contributed by atoms with E-state index in [1.54, 1.807) is 24.5 Å². The Morgan fingerprint density at radius 3 is 2.96 bits per heavy atom. The molecule has 0 radical (unpaired) electrons. The van der Waals surface area contributed by atoms with E-state index < -0.39 is 9.84 Å². The SMILES string of the molecule is O=S1(=O)CCC(Cc2nnc(SCc3cc(-c4ccco4)on3)o2)C1. The van der Waals surface area contributed by atoms with Crippen LogP contribution in [0.1, 0.15) is 18.0 Å². The molecule has 0 aliphatic carbocycles. The van der Waals surface area contributed by atoms with Gasteiger partial charge < -0.3 is 13.4 Å². The molecule has 132 valence electrons. The highest BCUT2D eigenvalue weighted by Crippen LogP contribution is 2.27. The Balaban J connectivity index is 1.33. The van der Waals surface area contributed by atoms with Gasteiger partial charge in [0.15, 0.2) is 15.6 Å². The second kappa shape index (κ2) is 6.68. The highest BCUT2D eigenvalue weighted by atomic mass is 32.2. The van der Waals surface area contributed by atoms with Crippen LogP contribution < -0.4 is 0 Å². The fourth-order valence-corrected chi connectivity index (χ4v) is 5.23. The normalized spacial score (nSPS) is 19.4. The van der Waals surface area contributed by atoms with E-state index >= 15 is 0 Å². The van der Waals surface area contributed by atoms with Gasteiger partial charge in [0.1, 0.15) is 0 Å². The number of hydrogen-bond acceptors (Lipinski definition) is 9. The summed E-state index contributed by atoms with van der Waals surface area (Å²) in [6.45, 7) is 0. The van der Waals surface area contributed by atoms with Gasteiger partial charge in [-0.05, 0) is 24.5 Å². The summed E-state index contributed by atoms with van der Waals surface area (Å²) in [5.41, 5.74) is 0.734. The van der Waals surface area contributed by atoms with Crippen LogP contribution in [0.25, 0.3) is 11.5 Å². The minimum absolute atomic E-state index is 0.0645. The number of rotatable bonds is 6. The Morgan fingerprint density at radius 2 is 2.20 bits per heavy atom. The van der Waals surface area contributed by atoms with E-state index in [2.05, 4.69) is 15.4 Å². The smallest absolute Gasteiger partial charge is 0.276 e. The van der Waals surface area contributed by atoms with Crippen LogP contribution in [-0.2, 0) is 22.0 Å². The molecule has 1 unspecified atom stereocenters. The Kier molecular flexibility index (Phi) is 4.38. The maximum Gasteiger partial charge on any atom is 0.276 e. The highest BCUT2D eigenvalue weighted by Gasteiger charge is 2.29. The third kappa shape index (κ3) is 3.96. The van der Waals surface area contributed by atoms with Crippen molar-refractivity contribution in [1.82, 2.24) is 15.4 Å². The van der Waals surface area contributed by atoms with Gasteiger partial charge in [0, 0.05) is 18.2 Å². The monoisotopic (exact) mass is 381 g/mol. The summed E-state index contributed by atoms with van der Waals surface area (Å²) in [6, 6.07) is 5.37. The van der Waals surface area contributed by atoms with Crippen LogP contribution in [-0.4, -0.2) is 35.3 Å². The quantitative estimate of drug-likeness (QED) is 0.594. The van der Waals surface area contributed by atoms with Crippen molar-refractivity contribution in [3.05, 3.63) is 36.0 Å². The largest absolute Gasteiger partial charge is 0.461 e. The highest BCUT2D eigenvalue weighted by molar-refractivity contribution is 7.98. The Bertz CT molecular complexity index is 946. The third-order valence-electron chi connectivity index (χ3n) is 3.90. The average Bonchev–Trinajstić information content (AvgIpc) is 3.32.